The summed E-state index contributed by atoms with van der Waals surface area (Å²) in [6.45, 7) is 1.86. The average Bonchev–Trinajstić information content (AvgIpc) is 2.47. The first-order chi connectivity index (χ1) is 10.1. The van der Waals surface area contributed by atoms with Crippen LogP contribution in [0.4, 0.5) is 5.69 Å². The monoisotopic (exact) mass is 284 g/mol. The Labute approximate surface area is 120 Å². The van der Waals surface area contributed by atoms with Crippen molar-refractivity contribution in [1.82, 2.24) is 0 Å². The minimum absolute atomic E-state index is 0.0519. The molecule has 0 fully saturated rings. The molecule has 0 heterocycles. The highest BCUT2D eigenvalue weighted by Crippen LogP contribution is 2.11. The quantitative estimate of drug-likeness (QED) is 0.374. The summed E-state index contributed by atoms with van der Waals surface area (Å²) in [4.78, 5) is 26.6. The Bertz CT molecular complexity index is 710. The molecule has 2 rings (SSSR count). The van der Waals surface area contributed by atoms with Crippen molar-refractivity contribution >= 4 is 17.9 Å². The summed E-state index contributed by atoms with van der Waals surface area (Å²) in [7, 11) is 0. The fourth-order valence-corrected chi connectivity index (χ4v) is 1.68. The van der Waals surface area contributed by atoms with E-state index in [-0.39, 0.29) is 5.69 Å². The van der Waals surface area contributed by atoms with Gasteiger partial charge in [-0.1, -0.05) is 35.0 Å². The second-order valence-corrected chi connectivity index (χ2v) is 4.33. The minimum Gasteiger partial charge on any atom is -0.313 e. The van der Waals surface area contributed by atoms with E-state index in [1.165, 1.54) is 24.4 Å². The van der Waals surface area contributed by atoms with Gasteiger partial charge in [0.15, 0.2) is 0 Å². The van der Waals surface area contributed by atoms with Crippen molar-refractivity contribution in [2.45, 2.75) is 6.92 Å². The van der Waals surface area contributed by atoms with Crippen LogP contribution in [0.3, 0.4) is 0 Å². The van der Waals surface area contributed by atoms with Gasteiger partial charge in [0.2, 0.25) is 0 Å². The molecule has 0 saturated carbocycles. The van der Waals surface area contributed by atoms with Gasteiger partial charge in [-0.2, -0.15) is 0 Å². The maximum Gasteiger partial charge on any atom is 0.365 e. The summed E-state index contributed by atoms with van der Waals surface area (Å²) >= 11 is 0. The summed E-state index contributed by atoms with van der Waals surface area (Å²) in [6.07, 6.45) is 1.25. The predicted octanol–water partition coefficient (Wildman–Crippen LogP) is 3.09. The zero-order valence-electron chi connectivity index (χ0n) is 11.2. The molecule has 0 aliphatic heterocycles. The van der Waals surface area contributed by atoms with Gasteiger partial charge >= 0.3 is 5.97 Å². The van der Waals surface area contributed by atoms with Crippen LogP contribution in [0.5, 0.6) is 0 Å². The first-order valence-corrected chi connectivity index (χ1v) is 6.12. The number of hydrogen-bond acceptors (Lipinski definition) is 5. The van der Waals surface area contributed by atoms with Gasteiger partial charge in [0.25, 0.3) is 5.69 Å². The van der Waals surface area contributed by atoms with Crippen LogP contribution in [0.1, 0.15) is 21.5 Å². The molecule has 0 radical (unpaired) electrons. The summed E-state index contributed by atoms with van der Waals surface area (Å²) < 4.78 is 0. The second kappa shape index (κ2) is 6.42. The zero-order valence-corrected chi connectivity index (χ0v) is 11.2. The fourth-order valence-electron chi connectivity index (χ4n) is 1.68. The van der Waals surface area contributed by atoms with Crippen LogP contribution in [0.2, 0.25) is 0 Å². The first-order valence-electron chi connectivity index (χ1n) is 6.12. The molecule has 0 amide bonds. The Morgan fingerprint density at radius 3 is 2.71 bits per heavy atom. The largest absolute Gasteiger partial charge is 0.365 e. The molecular weight excluding hydrogens is 272 g/mol. The number of non-ortho nitro benzene ring substituents is 1. The van der Waals surface area contributed by atoms with E-state index < -0.39 is 10.9 Å². The number of oxime groups is 1. The van der Waals surface area contributed by atoms with Crippen LogP contribution >= 0.6 is 0 Å². The van der Waals surface area contributed by atoms with Gasteiger partial charge in [-0.05, 0) is 19.1 Å². The SMILES string of the molecule is Cc1cccc(C(=O)ON=Cc2cccc([N+](=O)[O-])c2)c1. The molecule has 0 aliphatic rings. The predicted molar refractivity (Wildman–Crippen MR) is 77.3 cm³/mol. The number of carbonyl (C=O) groups is 1. The van der Waals surface area contributed by atoms with Gasteiger partial charge in [-0.25, -0.2) is 4.79 Å². The molecule has 0 N–H and O–H groups in total. The molecule has 6 nitrogen and oxygen atoms in total. The number of rotatable bonds is 4. The molecule has 6 heteroatoms. The molecule has 0 atom stereocenters. The molecule has 0 aliphatic carbocycles. The Balaban J connectivity index is 2.04. The van der Waals surface area contributed by atoms with Crippen molar-refractivity contribution in [2.24, 2.45) is 5.16 Å². The number of carbonyl (C=O) groups excluding carboxylic acids is 1. The van der Waals surface area contributed by atoms with Gasteiger partial charge < -0.3 is 4.84 Å². The molecule has 2 aromatic rings. The Hall–Kier alpha value is -3.02. The molecule has 0 aromatic heterocycles. The van der Waals surface area contributed by atoms with E-state index in [1.54, 1.807) is 24.3 Å². The Morgan fingerprint density at radius 1 is 1.24 bits per heavy atom. The van der Waals surface area contributed by atoms with Gasteiger partial charge in [0.1, 0.15) is 0 Å². The maximum atomic E-state index is 11.7. The van der Waals surface area contributed by atoms with Crippen molar-refractivity contribution in [2.75, 3.05) is 0 Å². The highest BCUT2D eigenvalue weighted by Gasteiger charge is 2.07. The lowest BCUT2D eigenvalue weighted by atomic mass is 10.1. The third-order valence-corrected chi connectivity index (χ3v) is 2.67. The molecule has 0 unspecified atom stereocenters. The second-order valence-electron chi connectivity index (χ2n) is 4.33. The van der Waals surface area contributed by atoms with E-state index in [2.05, 4.69) is 5.16 Å². The summed E-state index contributed by atoms with van der Waals surface area (Å²) in [5, 5.41) is 14.2. The van der Waals surface area contributed by atoms with E-state index in [0.717, 1.165) is 5.56 Å². The summed E-state index contributed by atoms with van der Waals surface area (Å²) in [5.41, 5.74) is 1.75. The van der Waals surface area contributed by atoms with Gasteiger partial charge in [-0.15, -0.1) is 0 Å². The lowest BCUT2D eigenvalue weighted by Crippen LogP contribution is -2.01. The van der Waals surface area contributed by atoms with Crippen molar-refractivity contribution in [3.63, 3.8) is 0 Å². The van der Waals surface area contributed by atoms with Crippen molar-refractivity contribution in [3.8, 4) is 0 Å². The van der Waals surface area contributed by atoms with E-state index in [0.29, 0.717) is 11.1 Å². The molecule has 2 aromatic carbocycles. The molecule has 0 saturated heterocycles. The van der Waals surface area contributed by atoms with E-state index in [1.807, 2.05) is 13.0 Å². The van der Waals surface area contributed by atoms with Crippen LogP contribution in [0, 0.1) is 17.0 Å². The average molecular weight is 284 g/mol. The van der Waals surface area contributed by atoms with Crippen LogP contribution in [0.25, 0.3) is 0 Å². The summed E-state index contributed by atoms with van der Waals surface area (Å²) in [6, 6.07) is 12.8. The molecule has 0 spiro atoms. The number of nitrogens with zero attached hydrogens (tertiary/aromatic N) is 2. The lowest BCUT2D eigenvalue weighted by molar-refractivity contribution is -0.384. The maximum absolute atomic E-state index is 11.7. The van der Waals surface area contributed by atoms with Crippen LogP contribution in [-0.2, 0) is 4.84 Å². The van der Waals surface area contributed by atoms with Crippen molar-refractivity contribution < 1.29 is 14.6 Å². The van der Waals surface area contributed by atoms with Gasteiger partial charge in [-0.3, -0.25) is 10.1 Å². The molecule has 21 heavy (non-hydrogen) atoms. The first kappa shape index (κ1) is 14.4. The number of hydrogen-bond donors (Lipinski definition) is 0. The highest BCUT2D eigenvalue weighted by atomic mass is 16.7. The smallest absolute Gasteiger partial charge is 0.313 e. The molecular formula is C15H12N2O4. The van der Waals surface area contributed by atoms with Crippen LogP contribution < -0.4 is 0 Å². The van der Waals surface area contributed by atoms with Gasteiger partial charge in [0, 0.05) is 17.7 Å². The van der Waals surface area contributed by atoms with Crippen LogP contribution in [-0.4, -0.2) is 17.1 Å². The van der Waals surface area contributed by atoms with Gasteiger partial charge in [0.05, 0.1) is 16.7 Å². The Kier molecular flexibility index (Phi) is 4.40. The topological polar surface area (TPSA) is 81.8 Å². The van der Waals surface area contributed by atoms with Crippen LogP contribution in [0.15, 0.2) is 53.7 Å². The Morgan fingerprint density at radius 2 is 2.00 bits per heavy atom. The minimum atomic E-state index is -0.583. The van der Waals surface area contributed by atoms with E-state index in [4.69, 9.17) is 4.84 Å². The van der Waals surface area contributed by atoms with Crippen molar-refractivity contribution in [1.29, 1.82) is 0 Å². The molecule has 0 bridgehead atoms. The number of nitro groups is 1. The summed E-state index contributed by atoms with van der Waals surface area (Å²) in [5.74, 6) is -0.583. The van der Waals surface area contributed by atoms with Crippen molar-refractivity contribution in [3.05, 3.63) is 75.3 Å². The molecule has 106 valence electrons. The lowest BCUT2D eigenvalue weighted by Gasteiger charge is -1.99. The zero-order chi connectivity index (χ0) is 15.2. The standard InChI is InChI=1S/C15H12N2O4/c1-11-4-2-6-13(8-11)15(18)21-16-10-12-5-3-7-14(9-12)17(19)20/h2-10H,1H3. The van der Waals surface area contributed by atoms with E-state index >= 15 is 0 Å². The highest BCUT2D eigenvalue weighted by molar-refractivity contribution is 5.90. The third kappa shape index (κ3) is 3.97. The number of aryl methyl sites for hydroxylation is 1. The number of nitro benzene ring substituents is 1. The normalized spacial score (nSPS) is 10.5. The van der Waals surface area contributed by atoms with E-state index in [9.17, 15) is 14.9 Å². The number of benzene rings is 2. The third-order valence-electron chi connectivity index (χ3n) is 2.67. The fraction of sp³-hybridized carbons (Fsp3) is 0.0667.